The predicted octanol–water partition coefficient (Wildman–Crippen LogP) is 3.84. The van der Waals surface area contributed by atoms with Gasteiger partial charge >= 0.3 is 0 Å². The van der Waals surface area contributed by atoms with Crippen LogP contribution in [-0.2, 0) is 11.3 Å². The number of rotatable bonds is 9. The second-order valence-corrected chi connectivity index (χ2v) is 7.00. The fourth-order valence-electron chi connectivity index (χ4n) is 2.53. The molecule has 0 aliphatic rings. The smallest absolute Gasteiger partial charge is 0.234 e. The van der Waals surface area contributed by atoms with Crippen molar-refractivity contribution in [1.82, 2.24) is 10.2 Å². The molecule has 0 aliphatic carbocycles. The van der Waals surface area contributed by atoms with Crippen LogP contribution < -0.4 is 20.1 Å². The van der Waals surface area contributed by atoms with Gasteiger partial charge < -0.3 is 20.1 Å². The number of carbonyl (C=O) groups is 1. The lowest BCUT2D eigenvalue weighted by Gasteiger charge is -2.10. The first kappa shape index (κ1) is 20.5. The molecule has 0 bridgehead atoms. The predicted molar refractivity (Wildman–Crippen MR) is 115 cm³/mol. The summed E-state index contributed by atoms with van der Waals surface area (Å²) in [5.74, 6) is 1.93. The van der Waals surface area contributed by atoms with E-state index in [-0.39, 0.29) is 11.7 Å². The Labute approximate surface area is 173 Å². The van der Waals surface area contributed by atoms with Gasteiger partial charge in [-0.2, -0.15) is 0 Å². The summed E-state index contributed by atoms with van der Waals surface area (Å²) in [4.78, 5) is 12.2. The van der Waals surface area contributed by atoms with E-state index in [1.54, 1.807) is 32.4 Å². The van der Waals surface area contributed by atoms with Crippen LogP contribution in [0.2, 0.25) is 0 Å². The molecule has 150 valence electrons. The molecule has 3 aromatic rings. The Bertz CT molecular complexity index is 936. The molecule has 8 heteroatoms. The number of methoxy groups -OCH3 is 2. The van der Waals surface area contributed by atoms with E-state index in [0.717, 1.165) is 0 Å². The number of amides is 1. The molecule has 1 aromatic heterocycles. The second kappa shape index (κ2) is 10.3. The lowest BCUT2D eigenvalue weighted by Crippen LogP contribution is -2.14. The van der Waals surface area contributed by atoms with Crippen molar-refractivity contribution in [2.45, 2.75) is 11.6 Å². The molecular formula is C21H22N4O3S. The van der Waals surface area contributed by atoms with E-state index in [9.17, 15) is 4.79 Å². The number of nitrogens with zero attached hydrogens (tertiary/aromatic N) is 2. The summed E-state index contributed by atoms with van der Waals surface area (Å²) in [6.07, 6.45) is 0. The van der Waals surface area contributed by atoms with Gasteiger partial charge in [0.2, 0.25) is 5.91 Å². The molecule has 0 saturated heterocycles. The van der Waals surface area contributed by atoms with Crippen LogP contribution in [0.15, 0.2) is 65.7 Å². The molecule has 0 fully saturated rings. The van der Waals surface area contributed by atoms with Gasteiger partial charge in [-0.05, 0) is 29.8 Å². The third-order valence-electron chi connectivity index (χ3n) is 3.97. The fraction of sp³-hybridized carbons (Fsp3) is 0.190. The molecule has 29 heavy (non-hydrogen) atoms. The molecule has 3 rings (SSSR count). The van der Waals surface area contributed by atoms with Gasteiger partial charge in [-0.3, -0.25) is 4.79 Å². The molecule has 0 spiro atoms. The lowest BCUT2D eigenvalue weighted by atomic mass is 10.2. The molecule has 1 amide bonds. The third-order valence-corrected chi connectivity index (χ3v) is 4.89. The van der Waals surface area contributed by atoms with Gasteiger partial charge in [0.05, 0.1) is 20.0 Å². The van der Waals surface area contributed by atoms with E-state index in [1.165, 1.54) is 17.3 Å². The van der Waals surface area contributed by atoms with Gasteiger partial charge in [0, 0.05) is 18.3 Å². The number of ether oxygens (including phenoxy) is 2. The summed E-state index contributed by atoms with van der Waals surface area (Å²) < 4.78 is 10.4. The van der Waals surface area contributed by atoms with Gasteiger partial charge in [-0.15, -0.1) is 10.2 Å². The minimum atomic E-state index is -0.143. The summed E-state index contributed by atoms with van der Waals surface area (Å²) in [7, 11) is 3.12. The zero-order chi connectivity index (χ0) is 20.5. The SMILES string of the molecule is COc1ccc(NC(=O)CSc2ccc(NCc3ccccc3)nn2)cc1OC. The van der Waals surface area contributed by atoms with Crippen molar-refractivity contribution in [1.29, 1.82) is 0 Å². The molecule has 2 N–H and O–H groups in total. The van der Waals surface area contributed by atoms with Gasteiger partial charge in [-0.25, -0.2) is 0 Å². The molecule has 1 heterocycles. The summed E-state index contributed by atoms with van der Waals surface area (Å²) in [6.45, 7) is 0.676. The fourth-order valence-corrected chi connectivity index (χ4v) is 3.14. The molecule has 0 unspecified atom stereocenters. The van der Waals surface area contributed by atoms with Crippen LogP contribution in [0.25, 0.3) is 0 Å². The van der Waals surface area contributed by atoms with Crippen LogP contribution in [0.5, 0.6) is 11.5 Å². The Kier molecular flexibility index (Phi) is 7.29. The Morgan fingerprint density at radius 3 is 2.45 bits per heavy atom. The Morgan fingerprint density at radius 1 is 0.966 bits per heavy atom. The summed E-state index contributed by atoms with van der Waals surface area (Å²) >= 11 is 1.32. The first-order valence-corrected chi connectivity index (χ1v) is 9.92. The van der Waals surface area contributed by atoms with Crippen molar-refractivity contribution in [3.63, 3.8) is 0 Å². The van der Waals surface area contributed by atoms with Crippen molar-refractivity contribution in [2.24, 2.45) is 0 Å². The maximum atomic E-state index is 12.2. The summed E-state index contributed by atoms with van der Waals surface area (Å²) in [6, 6.07) is 19.0. The average molecular weight is 410 g/mol. The Balaban J connectivity index is 1.47. The number of nitrogens with one attached hydrogen (secondary N) is 2. The van der Waals surface area contributed by atoms with Crippen LogP contribution in [0.3, 0.4) is 0 Å². The molecular weight excluding hydrogens is 388 g/mol. The molecule has 2 aromatic carbocycles. The normalized spacial score (nSPS) is 10.3. The van der Waals surface area contributed by atoms with Gasteiger partial charge in [0.25, 0.3) is 0 Å². The van der Waals surface area contributed by atoms with Crippen LogP contribution in [0.1, 0.15) is 5.56 Å². The molecule has 0 saturated carbocycles. The van der Waals surface area contributed by atoms with E-state index in [0.29, 0.717) is 34.6 Å². The van der Waals surface area contributed by atoms with Gasteiger partial charge in [0.1, 0.15) is 10.8 Å². The minimum absolute atomic E-state index is 0.143. The molecule has 7 nitrogen and oxygen atoms in total. The van der Waals surface area contributed by atoms with Crippen LogP contribution in [-0.4, -0.2) is 36.1 Å². The topological polar surface area (TPSA) is 85.4 Å². The Hall–Kier alpha value is -3.26. The summed E-state index contributed by atoms with van der Waals surface area (Å²) in [5.41, 5.74) is 1.80. The highest BCUT2D eigenvalue weighted by molar-refractivity contribution is 7.99. The van der Waals surface area contributed by atoms with Crippen LogP contribution >= 0.6 is 11.8 Å². The number of anilines is 2. The minimum Gasteiger partial charge on any atom is -0.493 e. The highest BCUT2D eigenvalue weighted by atomic mass is 32.2. The summed E-state index contributed by atoms with van der Waals surface area (Å²) in [5, 5.41) is 15.0. The highest BCUT2D eigenvalue weighted by Gasteiger charge is 2.09. The van der Waals surface area contributed by atoms with E-state index in [2.05, 4.69) is 20.8 Å². The first-order chi connectivity index (χ1) is 14.2. The largest absolute Gasteiger partial charge is 0.493 e. The number of aromatic nitrogens is 2. The van der Waals surface area contributed by atoms with E-state index in [1.807, 2.05) is 42.5 Å². The quantitative estimate of drug-likeness (QED) is 0.519. The van der Waals surface area contributed by atoms with E-state index in [4.69, 9.17) is 9.47 Å². The first-order valence-electron chi connectivity index (χ1n) is 8.94. The lowest BCUT2D eigenvalue weighted by molar-refractivity contribution is -0.113. The standard InChI is InChI=1S/C21H22N4O3S/c1-27-17-9-8-16(12-18(17)28-2)23-20(26)14-29-21-11-10-19(24-25-21)22-13-15-6-4-3-5-7-15/h3-12H,13-14H2,1-2H3,(H,22,24)(H,23,26). The average Bonchev–Trinajstić information content (AvgIpc) is 2.77. The number of carbonyl (C=O) groups excluding carboxylic acids is 1. The second-order valence-electron chi connectivity index (χ2n) is 6.00. The molecule has 0 aliphatic heterocycles. The zero-order valence-corrected chi connectivity index (χ0v) is 17.0. The Morgan fingerprint density at radius 2 is 1.76 bits per heavy atom. The van der Waals surface area contributed by atoms with Crippen molar-refractivity contribution < 1.29 is 14.3 Å². The maximum absolute atomic E-state index is 12.2. The molecule has 0 atom stereocenters. The van der Waals surface area contributed by atoms with Crippen LogP contribution in [0, 0.1) is 0 Å². The van der Waals surface area contributed by atoms with E-state index >= 15 is 0 Å². The van der Waals surface area contributed by atoms with Gasteiger partial charge in [0.15, 0.2) is 11.5 Å². The van der Waals surface area contributed by atoms with Crippen LogP contribution in [0.4, 0.5) is 11.5 Å². The van der Waals surface area contributed by atoms with Gasteiger partial charge in [-0.1, -0.05) is 42.1 Å². The monoisotopic (exact) mass is 410 g/mol. The number of hydrogen-bond donors (Lipinski definition) is 2. The van der Waals surface area contributed by atoms with Crippen molar-refractivity contribution in [3.8, 4) is 11.5 Å². The van der Waals surface area contributed by atoms with Crippen molar-refractivity contribution in [2.75, 3.05) is 30.6 Å². The maximum Gasteiger partial charge on any atom is 0.234 e. The van der Waals surface area contributed by atoms with Crippen molar-refractivity contribution in [3.05, 3.63) is 66.2 Å². The van der Waals surface area contributed by atoms with Crippen molar-refractivity contribution >= 4 is 29.2 Å². The molecule has 0 radical (unpaired) electrons. The number of thioether (sulfide) groups is 1. The number of benzene rings is 2. The third kappa shape index (κ3) is 6.11. The number of hydrogen-bond acceptors (Lipinski definition) is 7. The van der Waals surface area contributed by atoms with E-state index < -0.39 is 0 Å². The highest BCUT2D eigenvalue weighted by Crippen LogP contribution is 2.29. The zero-order valence-electron chi connectivity index (χ0n) is 16.2.